The van der Waals surface area contributed by atoms with E-state index in [1.165, 1.54) is 0 Å². The first-order chi connectivity index (χ1) is 17.4. The van der Waals surface area contributed by atoms with Crippen LogP contribution >= 0.6 is 0 Å². The molecule has 2 N–H and O–H groups in total. The summed E-state index contributed by atoms with van der Waals surface area (Å²) >= 11 is 0. The van der Waals surface area contributed by atoms with Crippen molar-refractivity contribution in [2.24, 2.45) is 0 Å². The summed E-state index contributed by atoms with van der Waals surface area (Å²) in [5.41, 5.74) is 3.71. The highest BCUT2D eigenvalue weighted by Gasteiger charge is 2.22. The third-order valence-electron chi connectivity index (χ3n) is 5.84. The summed E-state index contributed by atoms with van der Waals surface area (Å²) in [6.45, 7) is 2.50. The third kappa shape index (κ3) is 6.15. The van der Waals surface area contributed by atoms with E-state index in [4.69, 9.17) is 4.74 Å². The van der Waals surface area contributed by atoms with Gasteiger partial charge < -0.3 is 20.3 Å². The fourth-order valence-electron chi connectivity index (χ4n) is 3.87. The van der Waals surface area contributed by atoms with Crippen LogP contribution in [-0.4, -0.2) is 36.8 Å². The second-order valence-electron chi connectivity index (χ2n) is 8.53. The van der Waals surface area contributed by atoms with Crippen molar-refractivity contribution in [1.29, 1.82) is 0 Å². The van der Waals surface area contributed by atoms with Gasteiger partial charge in [-0.05, 0) is 55.3 Å². The molecule has 1 heterocycles. The molecule has 3 amide bonds. The quantitative estimate of drug-likeness (QED) is 0.472. The van der Waals surface area contributed by atoms with Gasteiger partial charge in [-0.15, -0.1) is 0 Å². The number of nitrogens with zero attached hydrogens (tertiary/aromatic N) is 1. The maximum Gasteiger partial charge on any atom is 0.338 e. The van der Waals surface area contributed by atoms with Gasteiger partial charge >= 0.3 is 5.97 Å². The molecule has 36 heavy (non-hydrogen) atoms. The number of hydrogen-bond acceptors (Lipinski definition) is 5. The van der Waals surface area contributed by atoms with Crippen molar-refractivity contribution in [3.63, 3.8) is 0 Å². The second-order valence-corrected chi connectivity index (χ2v) is 8.53. The first-order valence-corrected chi connectivity index (χ1v) is 11.7. The Morgan fingerprint density at radius 3 is 2.36 bits per heavy atom. The monoisotopic (exact) mass is 485 g/mol. The van der Waals surface area contributed by atoms with Crippen molar-refractivity contribution < 1.29 is 23.9 Å². The van der Waals surface area contributed by atoms with Gasteiger partial charge in [0.1, 0.15) is 0 Å². The molecular weight excluding hydrogens is 458 g/mol. The van der Waals surface area contributed by atoms with E-state index in [-0.39, 0.29) is 17.4 Å². The number of ether oxygens (including phenoxy) is 1. The Bertz CT molecular complexity index is 1270. The number of hydrogen-bond donors (Lipinski definition) is 2. The largest absolute Gasteiger partial charge is 0.452 e. The number of esters is 1. The molecule has 0 radical (unpaired) electrons. The van der Waals surface area contributed by atoms with Crippen LogP contribution in [0.15, 0.2) is 72.8 Å². The molecular formula is C28H27N3O5. The number of benzene rings is 3. The summed E-state index contributed by atoms with van der Waals surface area (Å²) in [5.74, 6) is -1.50. The van der Waals surface area contributed by atoms with E-state index in [9.17, 15) is 19.2 Å². The van der Waals surface area contributed by atoms with E-state index in [1.54, 1.807) is 53.4 Å². The van der Waals surface area contributed by atoms with Gasteiger partial charge in [-0.1, -0.05) is 42.0 Å². The molecule has 0 bridgehead atoms. The Labute approximate surface area is 209 Å². The number of para-hydroxylation sites is 1. The van der Waals surface area contributed by atoms with E-state index in [0.717, 1.165) is 23.2 Å². The van der Waals surface area contributed by atoms with Crippen LogP contribution in [0.3, 0.4) is 0 Å². The van der Waals surface area contributed by atoms with Crippen LogP contribution in [0.5, 0.6) is 0 Å². The Balaban J connectivity index is 1.30. The Morgan fingerprint density at radius 2 is 1.67 bits per heavy atom. The fourth-order valence-corrected chi connectivity index (χ4v) is 3.87. The number of nitrogens with one attached hydrogen (secondary N) is 2. The predicted octanol–water partition coefficient (Wildman–Crippen LogP) is 3.85. The van der Waals surface area contributed by atoms with Crippen LogP contribution in [0.25, 0.3) is 0 Å². The van der Waals surface area contributed by atoms with Gasteiger partial charge in [0.2, 0.25) is 5.91 Å². The molecule has 0 aliphatic carbocycles. The predicted molar refractivity (Wildman–Crippen MR) is 136 cm³/mol. The summed E-state index contributed by atoms with van der Waals surface area (Å²) in [7, 11) is 0. The number of aryl methyl sites for hydroxylation is 1. The molecule has 0 aromatic heterocycles. The van der Waals surface area contributed by atoms with Crippen molar-refractivity contribution in [2.75, 3.05) is 23.4 Å². The average molecular weight is 486 g/mol. The molecule has 4 rings (SSSR count). The summed E-state index contributed by atoms with van der Waals surface area (Å²) in [5, 5.41) is 5.48. The minimum atomic E-state index is -0.659. The number of carbonyl (C=O) groups excluding carboxylic acids is 4. The van der Waals surface area contributed by atoms with E-state index in [1.807, 2.05) is 31.2 Å². The average Bonchev–Trinajstić information content (AvgIpc) is 3.33. The van der Waals surface area contributed by atoms with Gasteiger partial charge in [-0.25, -0.2) is 4.79 Å². The molecule has 0 unspecified atom stereocenters. The lowest BCUT2D eigenvalue weighted by atomic mass is 10.1. The molecule has 1 aliphatic rings. The van der Waals surface area contributed by atoms with Crippen molar-refractivity contribution in [3.05, 3.63) is 95.1 Å². The number of amides is 3. The van der Waals surface area contributed by atoms with Crippen molar-refractivity contribution in [3.8, 4) is 0 Å². The molecule has 3 aromatic carbocycles. The standard InChI is InChI=1S/C28H27N3O5/c1-19-8-10-20(11-9-19)17-29-27(34)23-5-2-3-6-24(23)30-25(32)18-36-28(35)21-12-14-22(15-13-21)31-16-4-7-26(31)33/h2-3,5-6,8-15H,4,7,16-18H2,1H3,(H,29,34)(H,30,32). The Kier molecular flexibility index (Phi) is 7.75. The highest BCUT2D eigenvalue weighted by molar-refractivity contribution is 6.04. The lowest BCUT2D eigenvalue weighted by Gasteiger charge is -2.15. The summed E-state index contributed by atoms with van der Waals surface area (Å²) in [6, 6.07) is 21.0. The van der Waals surface area contributed by atoms with Crippen LogP contribution in [0.4, 0.5) is 11.4 Å². The number of carbonyl (C=O) groups is 4. The molecule has 184 valence electrons. The van der Waals surface area contributed by atoms with E-state index < -0.39 is 18.5 Å². The summed E-state index contributed by atoms with van der Waals surface area (Å²) in [6.07, 6.45) is 1.34. The topological polar surface area (TPSA) is 105 Å². The van der Waals surface area contributed by atoms with Crippen LogP contribution < -0.4 is 15.5 Å². The summed E-state index contributed by atoms with van der Waals surface area (Å²) in [4.78, 5) is 51.1. The van der Waals surface area contributed by atoms with Gasteiger partial charge in [0.25, 0.3) is 11.8 Å². The first-order valence-electron chi connectivity index (χ1n) is 11.7. The minimum absolute atomic E-state index is 0.0612. The number of rotatable bonds is 8. The fraction of sp³-hybridized carbons (Fsp3) is 0.214. The minimum Gasteiger partial charge on any atom is -0.452 e. The van der Waals surface area contributed by atoms with Crippen LogP contribution in [0, 0.1) is 6.92 Å². The highest BCUT2D eigenvalue weighted by Crippen LogP contribution is 2.22. The van der Waals surface area contributed by atoms with E-state index in [0.29, 0.717) is 30.8 Å². The molecule has 0 spiro atoms. The van der Waals surface area contributed by atoms with Gasteiger partial charge in [-0.2, -0.15) is 0 Å². The van der Waals surface area contributed by atoms with Gasteiger partial charge in [0.15, 0.2) is 6.61 Å². The van der Waals surface area contributed by atoms with Crippen molar-refractivity contribution in [2.45, 2.75) is 26.3 Å². The lowest BCUT2D eigenvalue weighted by molar-refractivity contribution is -0.119. The first kappa shape index (κ1) is 24.7. The molecule has 1 saturated heterocycles. The third-order valence-corrected chi connectivity index (χ3v) is 5.84. The smallest absolute Gasteiger partial charge is 0.338 e. The van der Waals surface area contributed by atoms with Gasteiger partial charge in [0, 0.05) is 25.2 Å². The second kappa shape index (κ2) is 11.3. The zero-order valence-electron chi connectivity index (χ0n) is 20.0. The molecule has 8 nitrogen and oxygen atoms in total. The molecule has 3 aromatic rings. The maximum absolute atomic E-state index is 12.7. The molecule has 1 fully saturated rings. The van der Waals surface area contributed by atoms with Gasteiger partial charge in [-0.3, -0.25) is 14.4 Å². The van der Waals surface area contributed by atoms with Crippen molar-refractivity contribution >= 4 is 35.1 Å². The van der Waals surface area contributed by atoms with E-state index in [2.05, 4.69) is 10.6 Å². The molecule has 0 atom stereocenters. The lowest BCUT2D eigenvalue weighted by Crippen LogP contribution is -2.26. The normalized spacial score (nSPS) is 12.8. The molecule has 8 heteroatoms. The number of anilines is 2. The van der Waals surface area contributed by atoms with Crippen LogP contribution in [-0.2, 0) is 20.9 Å². The molecule has 0 saturated carbocycles. The Morgan fingerprint density at radius 1 is 0.944 bits per heavy atom. The highest BCUT2D eigenvalue weighted by atomic mass is 16.5. The summed E-state index contributed by atoms with van der Waals surface area (Å²) < 4.78 is 5.13. The van der Waals surface area contributed by atoms with Gasteiger partial charge in [0.05, 0.1) is 16.8 Å². The van der Waals surface area contributed by atoms with Crippen LogP contribution in [0.2, 0.25) is 0 Å². The molecule has 1 aliphatic heterocycles. The Hall–Kier alpha value is -4.46. The maximum atomic E-state index is 12.7. The van der Waals surface area contributed by atoms with E-state index >= 15 is 0 Å². The zero-order valence-corrected chi connectivity index (χ0v) is 20.0. The van der Waals surface area contributed by atoms with Crippen molar-refractivity contribution in [1.82, 2.24) is 5.32 Å². The zero-order chi connectivity index (χ0) is 25.5. The van der Waals surface area contributed by atoms with Crippen LogP contribution in [0.1, 0.15) is 44.7 Å². The SMILES string of the molecule is Cc1ccc(CNC(=O)c2ccccc2NC(=O)COC(=O)c2ccc(N3CCCC3=O)cc2)cc1.